The van der Waals surface area contributed by atoms with E-state index in [2.05, 4.69) is 5.32 Å². The van der Waals surface area contributed by atoms with Crippen molar-refractivity contribution in [3.63, 3.8) is 0 Å². The molecule has 0 saturated carbocycles. The van der Waals surface area contributed by atoms with Gasteiger partial charge in [-0.15, -0.1) is 0 Å². The lowest BCUT2D eigenvalue weighted by molar-refractivity contribution is -0.117. The monoisotopic (exact) mass is 248 g/mol. The van der Waals surface area contributed by atoms with Crippen LogP contribution in [0.5, 0.6) is 0 Å². The number of amides is 2. The number of rotatable bonds is 2. The Balaban J connectivity index is 2.30. The number of benzene rings is 1. The molecule has 1 aliphatic heterocycles. The van der Waals surface area contributed by atoms with E-state index in [4.69, 9.17) is 0 Å². The number of carbonyl (C=O) groups excluding carboxylic acids is 2. The molecule has 5 nitrogen and oxygen atoms in total. The number of nitrogens with one attached hydrogen (secondary N) is 1. The average Bonchev–Trinajstić information content (AvgIpc) is 2.67. The number of aliphatic hydroxyl groups is 1. The third-order valence-corrected chi connectivity index (χ3v) is 3.08. The van der Waals surface area contributed by atoms with Crippen molar-refractivity contribution < 1.29 is 14.7 Å². The van der Waals surface area contributed by atoms with Gasteiger partial charge in [-0.2, -0.15) is 0 Å². The minimum atomic E-state index is -0.601. The van der Waals surface area contributed by atoms with Crippen molar-refractivity contribution in [2.24, 2.45) is 0 Å². The van der Waals surface area contributed by atoms with Gasteiger partial charge < -0.3 is 15.3 Å². The maximum absolute atomic E-state index is 11.7. The van der Waals surface area contributed by atoms with Crippen LogP contribution in [0.25, 0.3) is 0 Å². The average molecular weight is 248 g/mol. The quantitative estimate of drug-likeness (QED) is 0.798. The van der Waals surface area contributed by atoms with Gasteiger partial charge in [0.25, 0.3) is 5.91 Å². The molecule has 0 spiro atoms. The topological polar surface area (TPSA) is 69.6 Å². The molecule has 2 rings (SSSR count). The van der Waals surface area contributed by atoms with Crippen molar-refractivity contribution in [1.29, 1.82) is 0 Å². The highest BCUT2D eigenvalue weighted by Crippen LogP contribution is 2.26. The number of hydrogen-bond acceptors (Lipinski definition) is 3. The summed E-state index contributed by atoms with van der Waals surface area (Å²) in [6.07, 6.45) is -0.438. The maximum Gasteiger partial charge on any atom is 0.251 e. The van der Waals surface area contributed by atoms with E-state index < -0.39 is 6.10 Å². The molecule has 0 aromatic heterocycles. The molecule has 0 radical (unpaired) electrons. The summed E-state index contributed by atoms with van der Waals surface area (Å²) in [4.78, 5) is 24.7. The predicted molar refractivity (Wildman–Crippen MR) is 67.5 cm³/mol. The fourth-order valence-corrected chi connectivity index (χ4v) is 2.17. The minimum absolute atomic E-state index is 0.0849. The van der Waals surface area contributed by atoms with E-state index in [1.165, 1.54) is 0 Å². The Morgan fingerprint density at radius 1 is 1.50 bits per heavy atom. The molecule has 1 aromatic carbocycles. The highest BCUT2D eigenvalue weighted by Gasteiger charge is 2.29. The molecule has 1 unspecified atom stereocenters. The SMILES string of the molecule is CNC(=O)c1ccc(N2CC(O)CC2=O)c(C)c1. The number of nitrogens with zero attached hydrogens (tertiary/aromatic N) is 1. The van der Waals surface area contributed by atoms with E-state index in [0.29, 0.717) is 12.1 Å². The second-order valence-electron chi connectivity index (χ2n) is 4.44. The fourth-order valence-electron chi connectivity index (χ4n) is 2.17. The van der Waals surface area contributed by atoms with Crippen LogP contribution < -0.4 is 10.2 Å². The van der Waals surface area contributed by atoms with Crippen molar-refractivity contribution in [3.05, 3.63) is 29.3 Å². The van der Waals surface area contributed by atoms with Gasteiger partial charge >= 0.3 is 0 Å². The molecule has 18 heavy (non-hydrogen) atoms. The first-order valence-electron chi connectivity index (χ1n) is 5.84. The standard InChI is InChI=1S/C13H16N2O3/c1-8-5-9(13(18)14-2)3-4-11(8)15-7-10(16)6-12(15)17/h3-5,10,16H,6-7H2,1-2H3,(H,14,18). The van der Waals surface area contributed by atoms with Crippen LogP contribution in [0.4, 0.5) is 5.69 Å². The van der Waals surface area contributed by atoms with E-state index in [1.54, 1.807) is 30.1 Å². The maximum atomic E-state index is 11.7. The largest absolute Gasteiger partial charge is 0.391 e. The summed E-state index contributed by atoms with van der Waals surface area (Å²) < 4.78 is 0. The minimum Gasteiger partial charge on any atom is -0.391 e. The van der Waals surface area contributed by atoms with Crippen molar-refractivity contribution in [2.45, 2.75) is 19.4 Å². The number of aliphatic hydroxyl groups excluding tert-OH is 1. The van der Waals surface area contributed by atoms with Crippen molar-refractivity contribution >= 4 is 17.5 Å². The lowest BCUT2D eigenvalue weighted by atomic mass is 10.1. The Hall–Kier alpha value is -1.88. The molecule has 1 heterocycles. The summed E-state index contributed by atoms with van der Waals surface area (Å²) in [5.41, 5.74) is 2.16. The van der Waals surface area contributed by atoms with Gasteiger partial charge in [0.15, 0.2) is 0 Å². The van der Waals surface area contributed by atoms with Crippen LogP contribution in [0.2, 0.25) is 0 Å². The van der Waals surface area contributed by atoms with E-state index >= 15 is 0 Å². The summed E-state index contributed by atoms with van der Waals surface area (Å²) in [5.74, 6) is -0.240. The molecule has 0 bridgehead atoms. The van der Waals surface area contributed by atoms with Crippen LogP contribution in [-0.2, 0) is 4.79 Å². The van der Waals surface area contributed by atoms with Crippen molar-refractivity contribution in [2.75, 3.05) is 18.5 Å². The van der Waals surface area contributed by atoms with Gasteiger partial charge in [0.05, 0.1) is 19.1 Å². The third-order valence-electron chi connectivity index (χ3n) is 3.08. The van der Waals surface area contributed by atoms with E-state index in [9.17, 15) is 14.7 Å². The number of hydrogen-bond donors (Lipinski definition) is 2. The Bertz CT molecular complexity index is 499. The zero-order valence-electron chi connectivity index (χ0n) is 10.4. The van der Waals surface area contributed by atoms with Gasteiger partial charge in [-0.1, -0.05) is 0 Å². The molecule has 1 saturated heterocycles. The van der Waals surface area contributed by atoms with Crippen molar-refractivity contribution in [3.8, 4) is 0 Å². The zero-order valence-corrected chi connectivity index (χ0v) is 10.4. The van der Waals surface area contributed by atoms with E-state index in [0.717, 1.165) is 11.3 Å². The normalized spacial score (nSPS) is 19.2. The number of carbonyl (C=O) groups is 2. The molecular weight excluding hydrogens is 232 g/mol. The number of aryl methyl sites for hydroxylation is 1. The van der Waals surface area contributed by atoms with Crippen LogP contribution in [0.3, 0.4) is 0 Å². The smallest absolute Gasteiger partial charge is 0.251 e. The molecule has 2 N–H and O–H groups in total. The van der Waals surface area contributed by atoms with Gasteiger partial charge in [0.2, 0.25) is 5.91 Å². The zero-order chi connectivity index (χ0) is 13.3. The summed E-state index contributed by atoms with van der Waals surface area (Å²) in [5, 5.41) is 12.0. The fraction of sp³-hybridized carbons (Fsp3) is 0.385. The van der Waals surface area contributed by atoms with Gasteiger partial charge in [0.1, 0.15) is 0 Å². The van der Waals surface area contributed by atoms with E-state index in [1.807, 2.05) is 6.92 Å². The Kier molecular flexibility index (Phi) is 3.34. The summed E-state index contributed by atoms with van der Waals surface area (Å²) in [6, 6.07) is 5.17. The molecule has 96 valence electrons. The van der Waals surface area contributed by atoms with Crippen LogP contribution in [-0.4, -0.2) is 36.6 Å². The van der Waals surface area contributed by atoms with Crippen LogP contribution >= 0.6 is 0 Å². The van der Waals surface area contributed by atoms with Crippen LogP contribution in [0.1, 0.15) is 22.3 Å². The summed E-state index contributed by atoms with van der Waals surface area (Å²) in [6.45, 7) is 2.17. The molecule has 1 aliphatic rings. The molecule has 1 atom stereocenters. The van der Waals surface area contributed by atoms with Crippen LogP contribution in [0, 0.1) is 6.92 Å². The molecule has 0 aliphatic carbocycles. The molecule has 5 heteroatoms. The first-order chi connectivity index (χ1) is 8.52. The molecule has 2 amide bonds. The first kappa shape index (κ1) is 12.6. The van der Waals surface area contributed by atoms with Crippen molar-refractivity contribution in [1.82, 2.24) is 5.32 Å². The van der Waals surface area contributed by atoms with Gasteiger partial charge in [-0.3, -0.25) is 9.59 Å². The second kappa shape index (κ2) is 4.78. The van der Waals surface area contributed by atoms with Gasteiger partial charge in [0, 0.05) is 18.3 Å². The molecule has 1 fully saturated rings. The Morgan fingerprint density at radius 2 is 2.22 bits per heavy atom. The number of β-amino-alcohol motifs (C(OH)–C–C–N with tert-alkyl or cyclic N) is 1. The molecule has 1 aromatic rings. The summed E-state index contributed by atoms with van der Waals surface area (Å²) in [7, 11) is 1.58. The van der Waals surface area contributed by atoms with Crippen LogP contribution in [0.15, 0.2) is 18.2 Å². The first-order valence-corrected chi connectivity index (χ1v) is 5.84. The highest BCUT2D eigenvalue weighted by atomic mass is 16.3. The third kappa shape index (κ3) is 2.22. The predicted octanol–water partition coefficient (Wildman–Crippen LogP) is 0.452. The second-order valence-corrected chi connectivity index (χ2v) is 4.44. The lowest BCUT2D eigenvalue weighted by Gasteiger charge is -2.19. The Labute approximate surface area is 105 Å². The lowest BCUT2D eigenvalue weighted by Crippen LogP contribution is -2.26. The Morgan fingerprint density at radius 3 is 2.72 bits per heavy atom. The van der Waals surface area contributed by atoms with E-state index in [-0.39, 0.29) is 18.2 Å². The number of anilines is 1. The molecular formula is C13H16N2O3. The van der Waals surface area contributed by atoms with Gasteiger partial charge in [-0.25, -0.2) is 0 Å². The highest BCUT2D eigenvalue weighted by molar-refractivity contribution is 5.98. The summed E-state index contributed by atoms with van der Waals surface area (Å²) >= 11 is 0. The van der Waals surface area contributed by atoms with Gasteiger partial charge in [-0.05, 0) is 30.7 Å².